The van der Waals surface area contributed by atoms with Crippen LogP contribution in [-0.2, 0) is 6.54 Å². The first-order valence-electron chi connectivity index (χ1n) is 7.93. The highest BCUT2D eigenvalue weighted by Gasteiger charge is 2.34. The van der Waals surface area contributed by atoms with Gasteiger partial charge in [-0.05, 0) is 24.6 Å². The average molecular weight is 488 g/mol. The number of methoxy groups -OCH3 is 1. The minimum atomic E-state index is -4.18. The Morgan fingerprint density at radius 2 is 2.15 bits per heavy atom. The van der Waals surface area contributed by atoms with Crippen molar-refractivity contribution in [3.05, 3.63) is 23.8 Å². The number of phenolic OH excluding ortho intramolecular Hbond substituents is 1. The van der Waals surface area contributed by atoms with Gasteiger partial charge in [-0.1, -0.05) is 0 Å². The predicted molar refractivity (Wildman–Crippen MR) is 104 cm³/mol. The maximum absolute atomic E-state index is 12.4. The normalized spacial score (nSPS) is 18.3. The molecule has 148 valence electrons. The Morgan fingerprint density at radius 3 is 2.77 bits per heavy atom. The molecule has 1 aromatic carbocycles. The van der Waals surface area contributed by atoms with E-state index in [2.05, 4.69) is 15.6 Å². The fourth-order valence-corrected chi connectivity index (χ4v) is 2.74. The van der Waals surface area contributed by atoms with Crippen molar-refractivity contribution in [2.75, 3.05) is 33.8 Å². The molecule has 0 aromatic heterocycles. The summed E-state index contributed by atoms with van der Waals surface area (Å²) >= 11 is 0. The number of halogens is 4. The third kappa shape index (κ3) is 7.06. The quantitative estimate of drug-likeness (QED) is 0.338. The lowest BCUT2D eigenvalue weighted by Gasteiger charge is -2.20. The highest BCUT2D eigenvalue weighted by atomic mass is 127. The van der Waals surface area contributed by atoms with Crippen LogP contribution in [-0.4, -0.2) is 62.0 Å². The van der Waals surface area contributed by atoms with E-state index >= 15 is 0 Å². The number of benzene rings is 1. The van der Waals surface area contributed by atoms with Gasteiger partial charge in [-0.3, -0.25) is 9.89 Å². The van der Waals surface area contributed by atoms with Gasteiger partial charge in [-0.2, -0.15) is 13.2 Å². The van der Waals surface area contributed by atoms with Gasteiger partial charge in [0.1, 0.15) is 11.5 Å². The number of nitrogens with one attached hydrogen (secondary N) is 2. The molecule has 1 heterocycles. The van der Waals surface area contributed by atoms with Crippen LogP contribution < -0.4 is 15.4 Å². The van der Waals surface area contributed by atoms with Gasteiger partial charge in [0.25, 0.3) is 0 Å². The number of guanidine groups is 1. The van der Waals surface area contributed by atoms with E-state index < -0.39 is 12.7 Å². The summed E-state index contributed by atoms with van der Waals surface area (Å²) in [6.45, 7) is 0.117. The van der Waals surface area contributed by atoms with Crippen molar-refractivity contribution >= 4 is 29.9 Å². The molecule has 26 heavy (non-hydrogen) atoms. The van der Waals surface area contributed by atoms with Crippen LogP contribution in [0.4, 0.5) is 13.2 Å². The van der Waals surface area contributed by atoms with E-state index in [4.69, 9.17) is 4.74 Å². The van der Waals surface area contributed by atoms with Crippen LogP contribution in [0, 0.1) is 0 Å². The first-order chi connectivity index (χ1) is 11.8. The molecule has 0 radical (unpaired) electrons. The molecule has 1 aliphatic rings. The highest BCUT2D eigenvalue weighted by Crippen LogP contribution is 2.23. The molecular weight excluding hydrogens is 464 g/mol. The number of rotatable bonds is 5. The molecule has 6 nitrogen and oxygen atoms in total. The van der Waals surface area contributed by atoms with Gasteiger partial charge in [-0.25, -0.2) is 0 Å². The molecule has 1 fully saturated rings. The molecule has 10 heteroatoms. The third-order valence-electron chi connectivity index (χ3n) is 3.97. The number of hydrogen-bond acceptors (Lipinski definition) is 4. The maximum Gasteiger partial charge on any atom is 0.401 e. The van der Waals surface area contributed by atoms with Crippen LogP contribution in [0.5, 0.6) is 11.5 Å². The summed E-state index contributed by atoms with van der Waals surface area (Å²) in [4.78, 5) is 5.45. The Labute approximate surface area is 167 Å². The van der Waals surface area contributed by atoms with Crippen LogP contribution in [0.2, 0.25) is 0 Å². The zero-order chi connectivity index (χ0) is 18.4. The standard InChI is InChI=1S/C16H23F3N4O2.HI/c1-20-15(21-8-11-7-13(25-2)3-4-14(11)24)22-12-5-6-23(9-12)10-16(17,18)19;/h3-4,7,12,24H,5-6,8-10H2,1-2H3,(H2,20,21,22);1H. The number of nitrogens with zero attached hydrogens (tertiary/aromatic N) is 2. The number of phenols is 1. The van der Waals surface area contributed by atoms with E-state index in [-0.39, 0.29) is 35.8 Å². The molecule has 1 atom stereocenters. The summed E-state index contributed by atoms with van der Waals surface area (Å²) in [5.41, 5.74) is 0.632. The van der Waals surface area contributed by atoms with E-state index in [9.17, 15) is 18.3 Å². The zero-order valence-corrected chi connectivity index (χ0v) is 17.0. The highest BCUT2D eigenvalue weighted by molar-refractivity contribution is 14.0. The van der Waals surface area contributed by atoms with Gasteiger partial charge < -0.3 is 20.5 Å². The Hall–Kier alpha value is -1.43. The number of aromatic hydroxyl groups is 1. The van der Waals surface area contributed by atoms with Crippen LogP contribution in [0.1, 0.15) is 12.0 Å². The minimum absolute atomic E-state index is 0. The Morgan fingerprint density at radius 1 is 1.42 bits per heavy atom. The fourth-order valence-electron chi connectivity index (χ4n) is 2.74. The van der Waals surface area contributed by atoms with Gasteiger partial charge >= 0.3 is 6.18 Å². The smallest absolute Gasteiger partial charge is 0.401 e. The number of alkyl halides is 3. The molecule has 0 amide bonds. The largest absolute Gasteiger partial charge is 0.508 e. The monoisotopic (exact) mass is 488 g/mol. The molecule has 1 saturated heterocycles. The van der Waals surface area contributed by atoms with Crippen molar-refractivity contribution in [2.24, 2.45) is 4.99 Å². The summed E-state index contributed by atoms with van der Waals surface area (Å²) in [6, 6.07) is 4.79. The second-order valence-electron chi connectivity index (χ2n) is 5.90. The Balaban J connectivity index is 0.00000338. The molecule has 0 spiro atoms. The Bertz CT molecular complexity index is 614. The van der Waals surface area contributed by atoms with Crippen LogP contribution in [0.3, 0.4) is 0 Å². The summed E-state index contributed by atoms with van der Waals surface area (Å²) in [5, 5.41) is 16.0. The van der Waals surface area contributed by atoms with Crippen molar-refractivity contribution in [1.29, 1.82) is 0 Å². The van der Waals surface area contributed by atoms with E-state index in [0.29, 0.717) is 43.3 Å². The first-order valence-corrected chi connectivity index (χ1v) is 7.93. The lowest BCUT2D eigenvalue weighted by molar-refractivity contribution is -0.143. The van der Waals surface area contributed by atoms with Crippen LogP contribution in [0.15, 0.2) is 23.2 Å². The lowest BCUT2D eigenvalue weighted by Crippen LogP contribution is -2.44. The molecule has 1 aromatic rings. The fraction of sp³-hybridized carbons (Fsp3) is 0.562. The van der Waals surface area contributed by atoms with E-state index in [1.807, 2.05) is 0 Å². The first kappa shape index (κ1) is 22.6. The molecule has 0 aliphatic carbocycles. The third-order valence-corrected chi connectivity index (χ3v) is 3.97. The van der Waals surface area contributed by atoms with Crippen molar-refractivity contribution in [1.82, 2.24) is 15.5 Å². The molecular formula is C16H24F3IN4O2. The van der Waals surface area contributed by atoms with Crippen molar-refractivity contribution in [3.63, 3.8) is 0 Å². The van der Waals surface area contributed by atoms with Gasteiger partial charge in [0.15, 0.2) is 5.96 Å². The maximum atomic E-state index is 12.4. The SMILES string of the molecule is CN=C(NCc1cc(OC)ccc1O)NC1CCN(CC(F)(F)F)C1.I. The molecule has 3 N–H and O–H groups in total. The van der Waals surface area contributed by atoms with Crippen molar-refractivity contribution in [2.45, 2.75) is 25.2 Å². The zero-order valence-electron chi connectivity index (χ0n) is 14.6. The van der Waals surface area contributed by atoms with Gasteiger partial charge in [0.2, 0.25) is 0 Å². The molecule has 0 bridgehead atoms. The molecule has 1 unspecified atom stereocenters. The van der Waals surface area contributed by atoms with Crippen molar-refractivity contribution in [3.8, 4) is 11.5 Å². The molecule has 2 rings (SSSR count). The van der Waals surface area contributed by atoms with Crippen LogP contribution in [0.25, 0.3) is 0 Å². The van der Waals surface area contributed by atoms with E-state index in [0.717, 1.165) is 0 Å². The van der Waals surface area contributed by atoms with Gasteiger partial charge in [0, 0.05) is 38.3 Å². The summed E-state index contributed by atoms with van der Waals surface area (Å²) in [7, 11) is 3.13. The minimum Gasteiger partial charge on any atom is -0.508 e. The molecule has 0 saturated carbocycles. The lowest BCUT2D eigenvalue weighted by atomic mass is 10.2. The summed E-state index contributed by atoms with van der Waals surface area (Å²) < 4.78 is 42.4. The summed E-state index contributed by atoms with van der Waals surface area (Å²) in [5.74, 6) is 1.22. The summed E-state index contributed by atoms with van der Waals surface area (Å²) in [6.07, 6.45) is -3.57. The number of likely N-dealkylation sites (tertiary alicyclic amines) is 1. The van der Waals surface area contributed by atoms with E-state index in [1.54, 1.807) is 19.2 Å². The average Bonchev–Trinajstić information content (AvgIpc) is 2.97. The topological polar surface area (TPSA) is 69.1 Å². The molecule has 1 aliphatic heterocycles. The van der Waals surface area contributed by atoms with Crippen molar-refractivity contribution < 1.29 is 23.0 Å². The number of hydrogen-bond donors (Lipinski definition) is 3. The van der Waals surface area contributed by atoms with Crippen LogP contribution >= 0.6 is 24.0 Å². The van der Waals surface area contributed by atoms with Gasteiger partial charge in [-0.15, -0.1) is 24.0 Å². The second kappa shape index (κ2) is 10.0. The second-order valence-corrected chi connectivity index (χ2v) is 5.90. The Kier molecular flexibility index (Phi) is 8.74. The van der Waals surface area contributed by atoms with Gasteiger partial charge in [0.05, 0.1) is 13.7 Å². The van der Waals surface area contributed by atoms with E-state index in [1.165, 1.54) is 18.1 Å². The number of ether oxygens (including phenoxy) is 1. The number of aliphatic imine (C=N–C) groups is 1. The predicted octanol–water partition coefficient (Wildman–Crippen LogP) is 2.32.